The Morgan fingerprint density at radius 2 is 1.60 bits per heavy atom. The molecule has 0 radical (unpaired) electrons. The summed E-state index contributed by atoms with van der Waals surface area (Å²) in [7, 11) is 0. The van der Waals surface area contributed by atoms with Gasteiger partial charge in [0.15, 0.2) is 0 Å². The van der Waals surface area contributed by atoms with Crippen LogP contribution in [0.15, 0.2) is 35.5 Å². The van der Waals surface area contributed by atoms with Crippen LogP contribution in [-0.4, -0.2) is 0 Å². The van der Waals surface area contributed by atoms with Gasteiger partial charge in [-0.25, -0.2) is 0 Å². The van der Waals surface area contributed by atoms with Crippen molar-refractivity contribution in [2.24, 2.45) is 28.1 Å². The summed E-state index contributed by atoms with van der Waals surface area (Å²) in [6, 6.07) is 0. The summed E-state index contributed by atoms with van der Waals surface area (Å²) in [5.41, 5.74) is 4.22. The quantitative estimate of drug-likeness (QED) is 0.199. The van der Waals surface area contributed by atoms with Gasteiger partial charge >= 0.3 is 197 Å². The van der Waals surface area contributed by atoms with Crippen LogP contribution in [0.3, 0.4) is 0 Å². The Labute approximate surface area is 196 Å². The first-order valence-corrected chi connectivity index (χ1v) is 20.2. The number of allylic oxidation sites excluding steroid dienone is 6. The molecule has 3 rings (SSSR count). The van der Waals surface area contributed by atoms with Gasteiger partial charge in [-0.3, -0.25) is 0 Å². The minimum atomic E-state index is -1.57. The van der Waals surface area contributed by atoms with E-state index in [1.807, 2.05) is 0 Å². The van der Waals surface area contributed by atoms with E-state index in [4.69, 9.17) is 0 Å². The van der Waals surface area contributed by atoms with Crippen LogP contribution >= 0.6 is 0 Å². The molecule has 0 N–H and O–H groups in total. The molecule has 169 valence electrons. The molecule has 0 amide bonds. The molecule has 0 bridgehead atoms. The van der Waals surface area contributed by atoms with Crippen molar-refractivity contribution in [2.45, 2.75) is 112 Å². The van der Waals surface area contributed by atoms with Crippen LogP contribution in [0.1, 0.15) is 100 Å². The van der Waals surface area contributed by atoms with E-state index < -0.39 is 21.4 Å². The fraction of sp³-hybridized carbons (Fsp3) is 0.793. The molecule has 0 aromatic heterocycles. The average Bonchev–Trinajstić information content (AvgIpc) is 3.34. The first kappa shape index (κ1) is 24.7. The topological polar surface area (TPSA) is 0 Å². The van der Waals surface area contributed by atoms with E-state index in [9.17, 15) is 0 Å². The van der Waals surface area contributed by atoms with E-state index in [1.165, 1.54) is 38.5 Å². The summed E-state index contributed by atoms with van der Waals surface area (Å²) >= 11 is -1.57. The van der Waals surface area contributed by atoms with Crippen molar-refractivity contribution in [3.8, 4) is 0 Å². The van der Waals surface area contributed by atoms with Gasteiger partial charge < -0.3 is 0 Å². The van der Waals surface area contributed by atoms with Crippen LogP contribution in [-0.2, 0) is 21.4 Å². The Morgan fingerprint density at radius 3 is 2.13 bits per heavy atom. The molecule has 1 heteroatoms. The molecule has 1 fully saturated rings. The number of rotatable bonds is 8. The van der Waals surface area contributed by atoms with E-state index in [0.717, 1.165) is 15.5 Å². The fourth-order valence-corrected chi connectivity index (χ4v) is 22.5. The first-order chi connectivity index (χ1) is 14.0. The third kappa shape index (κ3) is 4.87. The SMILES string of the molecule is CCC[CH2][Hf]([CH2]CCC)[CH]1CCC2C1C(C)(C)C=CC2(C)C1=CC(C(C)(C)C)=CC1. The molecule has 0 aromatic rings. The van der Waals surface area contributed by atoms with Crippen LogP contribution in [0.2, 0.25) is 12.0 Å². The minimum absolute atomic E-state index is 0.273. The first-order valence-electron chi connectivity index (χ1n) is 13.0. The molecule has 4 atom stereocenters. The van der Waals surface area contributed by atoms with Gasteiger partial charge in [-0.2, -0.15) is 0 Å². The van der Waals surface area contributed by atoms with Crippen LogP contribution in [0.25, 0.3) is 0 Å². The number of unbranched alkanes of at least 4 members (excludes halogenated alkanes) is 2. The molecule has 0 nitrogen and oxygen atoms in total. The van der Waals surface area contributed by atoms with Crippen molar-refractivity contribution in [3.63, 3.8) is 0 Å². The molecular weight excluding hydrogens is 527 g/mol. The van der Waals surface area contributed by atoms with Gasteiger partial charge in [0, 0.05) is 0 Å². The number of hydrogen-bond acceptors (Lipinski definition) is 0. The predicted octanol–water partition coefficient (Wildman–Crippen LogP) is 9.76. The summed E-state index contributed by atoms with van der Waals surface area (Å²) in [5.74, 6) is 1.80. The molecule has 0 saturated heterocycles. The molecular formula is C29H49Hf. The van der Waals surface area contributed by atoms with E-state index in [-0.39, 0.29) is 10.8 Å². The molecule has 3 aliphatic rings. The molecule has 4 unspecified atom stereocenters. The third-order valence-corrected chi connectivity index (χ3v) is 22.1. The fourth-order valence-electron chi connectivity index (χ4n) is 6.86. The summed E-state index contributed by atoms with van der Waals surface area (Å²) in [5, 5.41) is 0. The van der Waals surface area contributed by atoms with E-state index in [0.29, 0.717) is 5.41 Å². The summed E-state index contributed by atoms with van der Waals surface area (Å²) in [6.45, 7) is 19.7. The Hall–Kier alpha value is 0.0901. The average molecular weight is 576 g/mol. The van der Waals surface area contributed by atoms with Crippen molar-refractivity contribution < 1.29 is 21.4 Å². The molecule has 0 aliphatic heterocycles. The summed E-state index contributed by atoms with van der Waals surface area (Å²) < 4.78 is 4.47. The standard InChI is InChI=1S/C21H31.2C4H9.Hf/c1-19(2,3)15-10-11-16(14-15)21(6)13-12-20(4,5)17-8-7-9-18(17)21;2*1-3-4-2;/h8,10,12-14,17-18H,7,9,11H2,1-6H3;2*1,3-4H2,2H3;. The number of fused-ring (bicyclic) bond motifs is 1. The van der Waals surface area contributed by atoms with Crippen molar-refractivity contribution in [3.05, 3.63) is 35.5 Å². The zero-order valence-corrected chi connectivity index (χ0v) is 25.0. The molecule has 0 aromatic carbocycles. The molecule has 30 heavy (non-hydrogen) atoms. The second kappa shape index (κ2) is 9.52. The molecule has 1 saturated carbocycles. The Kier molecular flexibility index (Phi) is 7.85. The summed E-state index contributed by atoms with van der Waals surface area (Å²) in [4.78, 5) is 0. The van der Waals surface area contributed by atoms with Crippen molar-refractivity contribution in [1.29, 1.82) is 0 Å². The zero-order chi connectivity index (χ0) is 22.2. The zero-order valence-electron chi connectivity index (χ0n) is 21.4. The van der Waals surface area contributed by atoms with E-state index in [1.54, 1.807) is 25.9 Å². The second-order valence-corrected chi connectivity index (χ2v) is 23.4. The van der Waals surface area contributed by atoms with E-state index >= 15 is 0 Å². The Bertz CT molecular complexity index is 678. The van der Waals surface area contributed by atoms with Gasteiger partial charge in [0.25, 0.3) is 0 Å². The molecule has 0 heterocycles. The normalized spacial score (nSPS) is 32.7. The van der Waals surface area contributed by atoms with Gasteiger partial charge in [0.2, 0.25) is 0 Å². The van der Waals surface area contributed by atoms with Gasteiger partial charge in [0.05, 0.1) is 0 Å². The van der Waals surface area contributed by atoms with Crippen LogP contribution in [0.4, 0.5) is 0 Å². The van der Waals surface area contributed by atoms with Gasteiger partial charge in [-0.05, 0) is 0 Å². The third-order valence-electron chi connectivity index (χ3n) is 8.80. The molecule has 3 aliphatic carbocycles. The second-order valence-electron chi connectivity index (χ2n) is 12.4. The Morgan fingerprint density at radius 1 is 0.967 bits per heavy atom. The predicted molar refractivity (Wildman–Crippen MR) is 131 cm³/mol. The maximum absolute atomic E-state index is 2.66. The van der Waals surface area contributed by atoms with Crippen LogP contribution in [0.5, 0.6) is 0 Å². The van der Waals surface area contributed by atoms with Crippen molar-refractivity contribution >= 4 is 0 Å². The van der Waals surface area contributed by atoms with Gasteiger partial charge in [0.1, 0.15) is 0 Å². The van der Waals surface area contributed by atoms with Gasteiger partial charge in [-0.1, -0.05) is 0 Å². The van der Waals surface area contributed by atoms with Crippen LogP contribution < -0.4 is 0 Å². The Balaban J connectivity index is 1.90. The van der Waals surface area contributed by atoms with Crippen molar-refractivity contribution in [2.75, 3.05) is 0 Å². The maximum atomic E-state index is 2.66. The van der Waals surface area contributed by atoms with Gasteiger partial charge in [-0.15, -0.1) is 0 Å². The van der Waals surface area contributed by atoms with Crippen molar-refractivity contribution in [1.82, 2.24) is 0 Å². The molecule has 0 spiro atoms. The number of hydrogen-bond donors (Lipinski definition) is 0. The van der Waals surface area contributed by atoms with Crippen LogP contribution in [0, 0.1) is 28.1 Å². The monoisotopic (exact) mass is 577 g/mol. The summed E-state index contributed by atoms with van der Waals surface area (Å²) in [6.07, 6.45) is 20.5. The van der Waals surface area contributed by atoms with E-state index in [2.05, 4.69) is 79.7 Å².